The van der Waals surface area contributed by atoms with Crippen LogP contribution >= 0.6 is 0 Å². The molecule has 8 heteroatoms. The quantitative estimate of drug-likeness (QED) is 0.467. The van der Waals surface area contributed by atoms with E-state index >= 15 is 0 Å². The fourth-order valence-corrected chi connectivity index (χ4v) is 2.32. The van der Waals surface area contributed by atoms with Gasteiger partial charge in [0.15, 0.2) is 11.5 Å². The highest BCUT2D eigenvalue weighted by atomic mass is 16.7. The predicted octanol–water partition coefficient (Wildman–Crippen LogP) is 3.07. The van der Waals surface area contributed by atoms with Crippen molar-refractivity contribution in [2.45, 2.75) is 6.92 Å². The highest BCUT2D eigenvalue weighted by Gasteiger charge is 2.19. The molecule has 25 heavy (non-hydrogen) atoms. The molecule has 1 aliphatic heterocycles. The first-order chi connectivity index (χ1) is 12.1. The smallest absolute Gasteiger partial charge is 0.340 e. The molecule has 8 nitrogen and oxygen atoms in total. The van der Waals surface area contributed by atoms with Gasteiger partial charge >= 0.3 is 5.97 Å². The SMILES string of the molecule is CCOC(=O)c1cc([N+](=O)[O-])cnc1/C=C/c1cccc2c1OCO2. The molecule has 128 valence electrons. The number of nitro groups is 1. The summed E-state index contributed by atoms with van der Waals surface area (Å²) in [7, 11) is 0. The molecular formula is C17H14N2O6. The lowest BCUT2D eigenvalue weighted by Crippen LogP contribution is -2.08. The molecule has 1 aliphatic rings. The normalized spacial score (nSPS) is 12.4. The fourth-order valence-electron chi connectivity index (χ4n) is 2.32. The Balaban J connectivity index is 1.98. The number of carbonyl (C=O) groups is 1. The van der Waals surface area contributed by atoms with Gasteiger partial charge in [-0.25, -0.2) is 9.78 Å². The molecule has 2 heterocycles. The van der Waals surface area contributed by atoms with Crippen LogP contribution in [0.5, 0.6) is 11.5 Å². The van der Waals surface area contributed by atoms with Gasteiger partial charge in [-0.1, -0.05) is 12.1 Å². The van der Waals surface area contributed by atoms with Crippen LogP contribution in [-0.2, 0) is 4.74 Å². The molecule has 0 fully saturated rings. The topological polar surface area (TPSA) is 101 Å². The van der Waals surface area contributed by atoms with Gasteiger partial charge in [0.25, 0.3) is 5.69 Å². The van der Waals surface area contributed by atoms with E-state index in [4.69, 9.17) is 14.2 Å². The number of nitrogens with zero attached hydrogens (tertiary/aromatic N) is 2. The maximum Gasteiger partial charge on any atom is 0.340 e. The zero-order chi connectivity index (χ0) is 17.8. The summed E-state index contributed by atoms with van der Waals surface area (Å²) in [5.41, 5.74) is 0.750. The molecule has 0 saturated carbocycles. The second kappa shape index (κ2) is 7.00. The zero-order valence-electron chi connectivity index (χ0n) is 13.3. The lowest BCUT2D eigenvalue weighted by molar-refractivity contribution is -0.385. The van der Waals surface area contributed by atoms with Crippen LogP contribution in [-0.4, -0.2) is 29.3 Å². The summed E-state index contributed by atoms with van der Waals surface area (Å²) < 4.78 is 15.7. The number of hydrogen-bond acceptors (Lipinski definition) is 7. The zero-order valence-corrected chi connectivity index (χ0v) is 13.3. The second-order valence-corrected chi connectivity index (χ2v) is 5.02. The van der Waals surface area contributed by atoms with E-state index in [-0.39, 0.29) is 30.3 Å². The molecule has 0 aliphatic carbocycles. The highest BCUT2D eigenvalue weighted by Crippen LogP contribution is 2.36. The molecule has 0 spiro atoms. The van der Waals surface area contributed by atoms with Crippen molar-refractivity contribution in [3.63, 3.8) is 0 Å². The van der Waals surface area contributed by atoms with Gasteiger partial charge in [0, 0.05) is 11.6 Å². The van der Waals surface area contributed by atoms with Gasteiger partial charge in [0.1, 0.15) is 6.20 Å². The third-order valence-electron chi connectivity index (χ3n) is 3.46. The first kappa shape index (κ1) is 16.4. The molecular weight excluding hydrogens is 328 g/mol. The van der Waals surface area contributed by atoms with Crippen LogP contribution < -0.4 is 9.47 Å². The number of benzene rings is 1. The number of hydrogen-bond donors (Lipinski definition) is 0. The summed E-state index contributed by atoms with van der Waals surface area (Å²) in [6.45, 7) is 1.95. The summed E-state index contributed by atoms with van der Waals surface area (Å²) in [6.07, 6.45) is 4.37. The van der Waals surface area contributed by atoms with Crippen molar-refractivity contribution in [1.29, 1.82) is 0 Å². The molecule has 0 saturated heterocycles. The first-order valence-electron chi connectivity index (χ1n) is 7.48. The molecule has 0 N–H and O–H groups in total. The molecule has 0 unspecified atom stereocenters. The minimum absolute atomic E-state index is 0.0250. The van der Waals surface area contributed by atoms with E-state index < -0.39 is 10.9 Å². The van der Waals surface area contributed by atoms with Crippen LogP contribution in [0.4, 0.5) is 5.69 Å². The highest BCUT2D eigenvalue weighted by molar-refractivity contribution is 5.94. The van der Waals surface area contributed by atoms with Crippen LogP contribution in [0.2, 0.25) is 0 Å². The van der Waals surface area contributed by atoms with E-state index in [9.17, 15) is 14.9 Å². The average molecular weight is 342 g/mol. The number of aromatic nitrogens is 1. The molecule has 1 aromatic heterocycles. The molecule has 2 aromatic rings. The van der Waals surface area contributed by atoms with Crippen molar-refractivity contribution in [2.75, 3.05) is 13.4 Å². The van der Waals surface area contributed by atoms with Crippen LogP contribution in [0.25, 0.3) is 12.2 Å². The number of rotatable bonds is 5. The van der Waals surface area contributed by atoms with E-state index in [1.807, 2.05) is 12.1 Å². The van der Waals surface area contributed by atoms with E-state index in [2.05, 4.69) is 4.98 Å². The first-order valence-corrected chi connectivity index (χ1v) is 7.48. The third kappa shape index (κ3) is 3.42. The van der Waals surface area contributed by atoms with Crippen LogP contribution in [0.3, 0.4) is 0 Å². The van der Waals surface area contributed by atoms with E-state index in [0.29, 0.717) is 11.5 Å². The van der Waals surface area contributed by atoms with Gasteiger partial charge in [-0.2, -0.15) is 0 Å². The minimum Gasteiger partial charge on any atom is -0.462 e. The number of pyridine rings is 1. The summed E-state index contributed by atoms with van der Waals surface area (Å²) >= 11 is 0. The van der Waals surface area contributed by atoms with Crippen molar-refractivity contribution in [3.05, 3.63) is 57.4 Å². The summed E-state index contributed by atoms with van der Waals surface area (Å²) in [6, 6.07) is 6.57. The number of fused-ring (bicyclic) bond motifs is 1. The lowest BCUT2D eigenvalue weighted by atomic mass is 10.1. The van der Waals surface area contributed by atoms with Crippen molar-refractivity contribution in [1.82, 2.24) is 4.98 Å². The standard InChI is InChI=1S/C17H14N2O6/c1-2-23-17(20)13-8-12(19(21)22)9-18-14(13)7-6-11-4-3-5-15-16(11)25-10-24-15/h3-9H,2,10H2,1H3/b7-6+. The Morgan fingerprint density at radius 3 is 3.00 bits per heavy atom. The number of esters is 1. The van der Waals surface area contributed by atoms with Crippen molar-refractivity contribution in [3.8, 4) is 11.5 Å². The Bertz CT molecular complexity index is 862. The summed E-state index contributed by atoms with van der Waals surface area (Å²) in [5, 5.41) is 10.9. The van der Waals surface area contributed by atoms with Crippen molar-refractivity contribution in [2.24, 2.45) is 0 Å². The maximum atomic E-state index is 12.1. The Kier molecular flexibility index (Phi) is 4.60. The average Bonchev–Trinajstić information content (AvgIpc) is 3.09. The second-order valence-electron chi connectivity index (χ2n) is 5.02. The van der Waals surface area contributed by atoms with Gasteiger partial charge in [-0.3, -0.25) is 10.1 Å². The summed E-state index contributed by atoms with van der Waals surface area (Å²) in [5.74, 6) is 0.555. The Hall–Kier alpha value is -3.42. The minimum atomic E-state index is -0.670. The molecule has 1 aromatic carbocycles. The van der Waals surface area contributed by atoms with Crippen molar-refractivity contribution >= 4 is 23.8 Å². The van der Waals surface area contributed by atoms with Gasteiger partial charge in [0.2, 0.25) is 6.79 Å². The van der Waals surface area contributed by atoms with Crippen LogP contribution in [0.1, 0.15) is 28.5 Å². The molecule has 3 rings (SSSR count). The van der Waals surface area contributed by atoms with Gasteiger partial charge in [-0.15, -0.1) is 0 Å². The Labute approximate surface area is 142 Å². The molecule has 0 radical (unpaired) electrons. The fraction of sp³-hybridized carbons (Fsp3) is 0.176. The third-order valence-corrected chi connectivity index (χ3v) is 3.46. The van der Waals surface area contributed by atoms with Crippen LogP contribution in [0, 0.1) is 10.1 Å². The molecule has 0 bridgehead atoms. The number of carbonyl (C=O) groups excluding carboxylic acids is 1. The number of para-hydroxylation sites is 1. The van der Waals surface area contributed by atoms with E-state index in [1.165, 1.54) is 0 Å². The molecule has 0 atom stereocenters. The van der Waals surface area contributed by atoms with Gasteiger partial charge < -0.3 is 14.2 Å². The van der Waals surface area contributed by atoms with E-state index in [0.717, 1.165) is 17.8 Å². The summed E-state index contributed by atoms with van der Waals surface area (Å²) in [4.78, 5) is 26.4. The Morgan fingerprint density at radius 2 is 2.24 bits per heavy atom. The van der Waals surface area contributed by atoms with Gasteiger partial charge in [0.05, 0.1) is 22.8 Å². The largest absolute Gasteiger partial charge is 0.462 e. The van der Waals surface area contributed by atoms with Gasteiger partial charge in [-0.05, 0) is 25.1 Å². The number of ether oxygens (including phenoxy) is 3. The maximum absolute atomic E-state index is 12.1. The van der Waals surface area contributed by atoms with Crippen LogP contribution in [0.15, 0.2) is 30.5 Å². The predicted molar refractivity (Wildman–Crippen MR) is 88.3 cm³/mol. The van der Waals surface area contributed by atoms with Crippen molar-refractivity contribution < 1.29 is 23.9 Å². The lowest BCUT2D eigenvalue weighted by Gasteiger charge is -2.05. The Morgan fingerprint density at radius 1 is 1.40 bits per heavy atom. The monoisotopic (exact) mass is 342 g/mol. The van der Waals surface area contributed by atoms with E-state index in [1.54, 1.807) is 25.1 Å². The molecule has 0 amide bonds.